The number of likely N-dealkylation sites (tertiary alicyclic amines) is 1. The Morgan fingerprint density at radius 1 is 1.20 bits per heavy atom. The molecule has 0 saturated carbocycles. The molecule has 0 spiro atoms. The fourth-order valence-corrected chi connectivity index (χ4v) is 4.20. The second-order valence-electron chi connectivity index (χ2n) is 8.87. The number of hydrogen-bond acceptors (Lipinski definition) is 7. The highest BCUT2D eigenvalue weighted by atomic mass is 16.5. The van der Waals surface area contributed by atoms with Crippen LogP contribution in [0, 0.1) is 0 Å². The summed E-state index contributed by atoms with van der Waals surface area (Å²) in [5.41, 5.74) is 2.49. The molecule has 1 saturated heterocycles. The lowest BCUT2D eigenvalue weighted by Crippen LogP contribution is -2.33. The first-order valence-electron chi connectivity index (χ1n) is 10.8. The van der Waals surface area contributed by atoms with Crippen molar-refractivity contribution in [2.45, 2.75) is 71.5 Å². The number of ether oxygens (including phenoxy) is 1. The third-order valence-corrected chi connectivity index (χ3v) is 6.07. The second kappa shape index (κ2) is 8.34. The first-order valence-corrected chi connectivity index (χ1v) is 10.8. The van der Waals surface area contributed by atoms with Crippen molar-refractivity contribution in [2.24, 2.45) is 0 Å². The Morgan fingerprint density at radius 2 is 1.93 bits per heavy atom. The van der Waals surface area contributed by atoms with Crippen molar-refractivity contribution in [3.8, 4) is 5.88 Å². The molecular weight excluding hydrogens is 382 g/mol. The summed E-state index contributed by atoms with van der Waals surface area (Å²) in [5, 5.41) is 4.10. The quantitative estimate of drug-likeness (QED) is 0.718. The van der Waals surface area contributed by atoms with Gasteiger partial charge in [-0.2, -0.15) is 4.98 Å². The fourth-order valence-electron chi connectivity index (χ4n) is 4.20. The predicted molar refractivity (Wildman–Crippen MR) is 111 cm³/mol. The number of rotatable bonds is 6. The number of pyridine rings is 1. The lowest BCUT2D eigenvalue weighted by atomic mass is 9.96. The van der Waals surface area contributed by atoms with Crippen LogP contribution in [0.3, 0.4) is 0 Å². The molecule has 2 aliphatic heterocycles. The number of amides is 1. The number of carbonyl (C=O) groups is 1. The molecule has 0 aromatic carbocycles. The van der Waals surface area contributed by atoms with Crippen LogP contribution in [0.2, 0.25) is 0 Å². The summed E-state index contributed by atoms with van der Waals surface area (Å²) in [4.78, 5) is 26.2. The van der Waals surface area contributed by atoms with Crippen LogP contribution in [0.1, 0.15) is 85.7 Å². The number of fused-ring (bicyclic) bond motifs is 1. The van der Waals surface area contributed by atoms with E-state index in [2.05, 4.69) is 33.9 Å². The summed E-state index contributed by atoms with van der Waals surface area (Å²) in [6.07, 6.45) is 1.95. The normalized spacial score (nSPS) is 18.0. The third kappa shape index (κ3) is 3.93. The molecule has 4 rings (SSSR count). The molecule has 30 heavy (non-hydrogen) atoms. The van der Waals surface area contributed by atoms with Gasteiger partial charge in [-0.1, -0.05) is 19.0 Å². The van der Waals surface area contributed by atoms with Crippen molar-refractivity contribution in [2.75, 3.05) is 20.2 Å². The first-order chi connectivity index (χ1) is 14.4. The molecule has 2 aromatic heterocycles. The van der Waals surface area contributed by atoms with Gasteiger partial charge in [0.15, 0.2) is 5.82 Å². The molecule has 1 amide bonds. The summed E-state index contributed by atoms with van der Waals surface area (Å²) >= 11 is 0. The molecule has 0 atom stereocenters. The number of aromatic nitrogens is 3. The summed E-state index contributed by atoms with van der Waals surface area (Å²) in [6, 6.07) is 2.13. The largest absolute Gasteiger partial charge is 0.481 e. The van der Waals surface area contributed by atoms with Crippen molar-refractivity contribution in [1.29, 1.82) is 0 Å². The van der Waals surface area contributed by atoms with Gasteiger partial charge in [0.25, 0.3) is 5.91 Å². The van der Waals surface area contributed by atoms with Crippen molar-refractivity contribution < 1.29 is 14.1 Å². The van der Waals surface area contributed by atoms with E-state index in [-0.39, 0.29) is 17.9 Å². The van der Waals surface area contributed by atoms with Crippen molar-refractivity contribution in [3.05, 3.63) is 34.6 Å². The molecule has 2 aromatic rings. The summed E-state index contributed by atoms with van der Waals surface area (Å²) in [5.74, 6) is 2.80. The molecule has 0 aliphatic carbocycles. The van der Waals surface area contributed by atoms with Crippen molar-refractivity contribution in [3.63, 3.8) is 0 Å². The van der Waals surface area contributed by atoms with Crippen LogP contribution in [0.15, 0.2) is 10.6 Å². The number of carbonyl (C=O) groups excluding carboxylic acids is 1. The van der Waals surface area contributed by atoms with Gasteiger partial charge in [-0.25, -0.2) is 4.98 Å². The van der Waals surface area contributed by atoms with E-state index in [1.165, 1.54) is 0 Å². The summed E-state index contributed by atoms with van der Waals surface area (Å²) < 4.78 is 11.1. The molecule has 8 heteroatoms. The number of hydrogen-bond donors (Lipinski definition) is 0. The highest BCUT2D eigenvalue weighted by Gasteiger charge is 2.32. The average molecular weight is 414 g/mol. The van der Waals surface area contributed by atoms with Gasteiger partial charge in [-0.3, -0.25) is 9.69 Å². The maximum Gasteiger partial charge on any atom is 0.256 e. The predicted octanol–water partition coefficient (Wildman–Crippen LogP) is 3.34. The fraction of sp³-hybridized carbons (Fsp3) is 0.636. The third-order valence-electron chi connectivity index (χ3n) is 6.07. The second-order valence-corrected chi connectivity index (χ2v) is 8.87. The smallest absolute Gasteiger partial charge is 0.256 e. The van der Waals surface area contributed by atoms with E-state index in [0.29, 0.717) is 30.5 Å². The van der Waals surface area contributed by atoms with Gasteiger partial charge in [0, 0.05) is 30.0 Å². The molecule has 0 bridgehead atoms. The van der Waals surface area contributed by atoms with Crippen LogP contribution >= 0.6 is 0 Å². The van der Waals surface area contributed by atoms with E-state index in [1.54, 1.807) is 7.11 Å². The number of methoxy groups -OCH3 is 1. The highest BCUT2D eigenvalue weighted by Crippen LogP contribution is 2.32. The maximum atomic E-state index is 12.7. The number of piperidine rings is 1. The summed E-state index contributed by atoms with van der Waals surface area (Å²) in [6.45, 7) is 11.3. The van der Waals surface area contributed by atoms with Gasteiger partial charge in [0.05, 0.1) is 24.9 Å². The van der Waals surface area contributed by atoms with E-state index in [0.717, 1.165) is 48.9 Å². The minimum absolute atomic E-state index is 0.0625. The molecule has 8 nitrogen and oxygen atoms in total. The lowest BCUT2D eigenvalue weighted by molar-refractivity contribution is 0.0730. The molecule has 0 unspecified atom stereocenters. The van der Waals surface area contributed by atoms with Crippen LogP contribution < -0.4 is 4.74 Å². The molecule has 1 fully saturated rings. The molecule has 0 radical (unpaired) electrons. The molecule has 2 aliphatic rings. The zero-order valence-electron chi connectivity index (χ0n) is 18.5. The Hall–Kier alpha value is -2.48. The topological polar surface area (TPSA) is 84.6 Å². The van der Waals surface area contributed by atoms with E-state index >= 15 is 0 Å². The van der Waals surface area contributed by atoms with E-state index < -0.39 is 0 Å². The average Bonchev–Trinajstić information content (AvgIpc) is 3.34. The Morgan fingerprint density at radius 3 is 2.53 bits per heavy atom. The van der Waals surface area contributed by atoms with Crippen LogP contribution in [0.4, 0.5) is 0 Å². The van der Waals surface area contributed by atoms with E-state index in [9.17, 15) is 4.79 Å². The molecule has 162 valence electrons. The minimum Gasteiger partial charge on any atom is -0.481 e. The van der Waals surface area contributed by atoms with Gasteiger partial charge in [0.2, 0.25) is 11.8 Å². The molecular formula is C22H31N5O3. The Labute approximate surface area is 177 Å². The van der Waals surface area contributed by atoms with Crippen LogP contribution in [0.25, 0.3) is 0 Å². The molecule has 4 heterocycles. The SMILES string of the molecule is COc1nc2c(cc1CN1CCC(c3nc(C(C)C)no3)CC1)C(=O)N(C(C)C)C2. The standard InChI is InChI=1S/C22H31N5O3/c1-13(2)19-24-21(30-25-19)15-6-8-26(9-7-15)11-16-10-17-18(23-20(16)29-5)12-27(14(3)4)22(17)28/h10,13-15H,6-9,11-12H2,1-5H3. The van der Waals surface area contributed by atoms with Crippen molar-refractivity contribution >= 4 is 5.91 Å². The van der Waals surface area contributed by atoms with Crippen LogP contribution in [-0.2, 0) is 13.1 Å². The van der Waals surface area contributed by atoms with Crippen LogP contribution in [0.5, 0.6) is 5.88 Å². The van der Waals surface area contributed by atoms with Gasteiger partial charge < -0.3 is 14.2 Å². The maximum absolute atomic E-state index is 12.7. The first kappa shape index (κ1) is 20.8. The zero-order valence-corrected chi connectivity index (χ0v) is 18.5. The lowest BCUT2D eigenvalue weighted by Gasteiger charge is -2.30. The van der Waals surface area contributed by atoms with Gasteiger partial charge in [-0.15, -0.1) is 0 Å². The minimum atomic E-state index is 0.0625. The van der Waals surface area contributed by atoms with Gasteiger partial charge >= 0.3 is 0 Å². The van der Waals surface area contributed by atoms with Crippen LogP contribution in [-0.4, -0.2) is 57.1 Å². The van der Waals surface area contributed by atoms with Crippen molar-refractivity contribution in [1.82, 2.24) is 24.9 Å². The zero-order chi connectivity index (χ0) is 21.4. The Kier molecular flexibility index (Phi) is 5.77. The van der Waals surface area contributed by atoms with E-state index in [1.807, 2.05) is 24.8 Å². The van der Waals surface area contributed by atoms with Gasteiger partial charge in [-0.05, 0) is 45.8 Å². The van der Waals surface area contributed by atoms with Gasteiger partial charge in [0.1, 0.15) is 0 Å². The Bertz CT molecular complexity index is 915. The Balaban J connectivity index is 1.43. The summed E-state index contributed by atoms with van der Waals surface area (Å²) in [7, 11) is 1.64. The molecule has 0 N–H and O–H groups in total. The number of nitrogens with zero attached hydrogens (tertiary/aromatic N) is 5. The van der Waals surface area contributed by atoms with E-state index in [4.69, 9.17) is 9.26 Å². The monoisotopic (exact) mass is 413 g/mol. The highest BCUT2D eigenvalue weighted by molar-refractivity contribution is 5.98.